The van der Waals surface area contributed by atoms with Crippen LogP contribution in [0.15, 0.2) is 18.2 Å². The summed E-state index contributed by atoms with van der Waals surface area (Å²) in [7, 11) is 0. The van der Waals surface area contributed by atoms with Crippen molar-refractivity contribution in [3.8, 4) is 0 Å². The molecule has 0 spiro atoms. The average molecular weight is 330 g/mol. The molecule has 2 heteroatoms. The average Bonchev–Trinajstić information content (AvgIpc) is 2.57. The van der Waals surface area contributed by atoms with Crippen molar-refractivity contribution >= 4 is 5.69 Å². The molecule has 1 aromatic carbocycles. The maximum absolute atomic E-state index is 5.92. The summed E-state index contributed by atoms with van der Waals surface area (Å²) in [4.78, 5) is 2.68. The van der Waals surface area contributed by atoms with E-state index in [-0.39, 0.29) is 5.54 Å². The SMILES string of the molecule is CC(C)c1ccc2c(c1)N(CCCC1CCCCO1)C(C)(C)CC2. The van der Waals surface area contributed by atoms with Gasteiger partial charge in [0.05, 0.1) is 6.10 Å². The fourth-order valence-corrected chi connectivity index (χ4v) is 4.24. The molecule has 134 valence electrons. The number of fused-ring (bicyclic) bond motifs is 1. The third kappa shape index (κ3) is 3.96. The molecule has 0 aliphatic carbocycles. The Morgan fingerprint density at radius 1 is 1.25 bits per heavy atom. The number of ether oxygens (including phenoxy) is 1. The topological polar surface area (TPSA) is 12.5 Å². The number of aryl methyl sites for hydroxylation is 1. The van der Waals surface area contributed by atoms with Gasteiger partial charge in [-0.15, -0.1) is 0 Å². The molecule has 0 saturated carbocycles. The third-order valence-electron chi connectivity index (χ3n) is 5.99. The van der Waals surface area contributed by atoms with Crippen molar-refractivity contribution in [1.82, 2.24) is 0 Å². The molecule has 0 bridgehead atoms. The molecule has 1 atom stereocenters. The maximum atomic E-state index is 5.92. The predicted octanol–water partition coefficient (Wildman–Crippen LogP) is 5.69. The lowest BCUT2D eigenvalue weighted by molar-refractivity contribution is 0.0103. The van der Waals surface area contributed by atoms with Gasteiger partial charge in [-0.3, -0.25) is 0 Å². The highest BCUT2D eigenvalue weighted by Gasteiger charge is 2.32. The summed E-state index contributed by atoms with van der Waals surface area (Å²) in [5.41, 5.74) is 4.75. The van der Waals surface area contributed by atoms with E-state index in [1.54, 1.807) is 0 Å². The van der Waals surface area contributed by atoms with Crippen molar-refractivity contribution in [3.05, 3.63) is 29.3 Å². The lowest BCUT2D eigenvalue weighted by atomic mass is 9.85. The van der Waals surface area contributed by atoms with Crippen LogP contribution in [0, 0.1) is 0 Å². The van der Waals surface area contributed by atoms with Gasteiger partial charge in [0, 0.05) is 24.4 Å². The van der Waals surface area contributed by atoms with Gasteiger partial charge < -0.3 is 9.64 Å². The van der Waals surface area contributed by atoms with E-state index >= 15 is 0 Å². The summed E-state index contributed by atoms with van der Waals surface area (Å²) in [5, 5.41) is 0. The zero-order valence-corrected chi connectivity index (χ0v) is 16.1. The molecule has 0 radical (unpaired) electrons. The molecule has 1 fully saturated rings. The van der Waals surface area contributed by atoms with Gasteiger partial charge in [-0.05, 0) is 81.9 Å². The van der Waals surface area contributed by atoms with Gasteiger partial charge in [0.2, 0.25) is 0 Å². The van der Waals surface area contributed by atoms with Crippen molar-refractivity contribution in [3.63, 3.8) is 0 Å². The first kappa shape index (κ1) is 17.8. The largest absolute Gasteiger partial charge is 0.378 e. The van der Waals surface area contributed by atoms with Crippen molar-refractivity contribution in [2.24, 2.45) is 0 Å². The van der Waals surface area contributed by atoms with Crippen LogP contribution >= 0.6 is 0 Å². The molecule has 2 heterocycles. The second kappa shape index (κ2) is 7.47. The van der Waals surface area contributed by atoms with E-state index in [9.17, 15) is 0 Å². The highest BCUT2D eigenvalue weighted by Crippen LogP contribution is 2.38. The smallest absolute Gasteiger partial charge is 0.0575 e. The molecule has 24 heavy (non-hydrogen) atoms. The van der Waals surface area contributed by atoms with Crippen LogP contribution in [-0.4, -0.2) is 24.8 Å². The second-order valence-electron chi connectivity index (χ2n) is 8.64. The molecule has 2 aliphatic rings. The summed E-state index contributed by atoms with van der Waals surface area (Å²) >= 11 is 0. The molecule has 0 N–H and O–H groups in total. The Morgan fingerprint density at radius 3 is 2.79 bits per heavy atom. The second-order valence-corrected chi connectivity index (χ2v) is 8.64. The van der Waals surface area contributed by atoms with Crippen LogP contribution in [0.3, 0.4) is 0 Å². The molecular formula is C22H35NO. The zero-order valence-electron chi connectivity index (χ0n) is 16.1. The van der Waals surface area contributed by atoms with E-state index in [0.717, 1.165) is 13.2 Å². The zero-order chi connectivity index (χ0) is 17.2. The fraction of sp³-hybridized carbons (Fsp3) is 0.727. The predicted molar refractivity (Wildman–Crippen MR) is 103 cm³/mol. The number of benzene rings is 1. The van der Waals surface area contributed by atoms with Gasteiger partial charge in [0.15, 0.2) is 0 Å². The van der Waals surface area contributed by atoms with Crippen LogP contribution in [0.2, 0.25) is 0 Å². The van der Waals surface area contributed by atoms with Gasteiger partial charge in [-0.1, -0.05) is 26.0 Å². The number of nitrogens with zero attached hydrogens (tertiary/aromatic N) is 1. The number of anilines is 1. The molecule has 2 nitrogen and oxygen atoms in total. The standard InChI is InChI=1S/C22H35NO/c1-17(2)19-11-10-18-12-13-22(3,4)23(21(18)16-19)14-7-9-20-8-5-6-15-24-20/h10-11,16-17,20H,5-9,12-15H2,1-4H3. The van der Waals surface area contributed by atoms with Crippen LogP contribution in [-0.2, 0) is 11.2 Å². The Morgan fingerprint density at radius 2 is 2.08 bits per heavy atom. The molecule has 0 amide bonds. The third-order valence-corrected chi connectivity index (χ3v) is 5.99. The van der Waals surface area contributed by atoms with E-state index in [2.05, 4.69) is 50.8 Å². The molecule has 1 saturated heterocycles. The van der Waals surface area contributed by atoms with Gasteiger partial charge in [0.1, 0.15) is 0 Å². The highest BCUT2D eigenvalue weighted by atomic mass is 16.5. The molecule has 0 aromatic heterocycles. The Bertz CT molecular complexity index is 543. The van der Waals surface area contributed by atoms with Crippen molar-refractivity contribution in [1.29, 1.82) is 0 Å². The molecule has 2 aliphatic heterocycles. The lowest BCUT2D eigenvalue weighted by Crippen LogP contribution is -2.48. The summed E-state index contributed by atoms with van der Waals surface area (Å²) in [6.07, 6.45) is 9.28. The van der Waals surface area contributed by atoms with Crippen LogP contribution in [0.1, 0.15) is 83.3 Å². The monoisotopic (exact) mass is 329 g/mol. The molecular weight excluding hydrogens is 294 g/mol. The van der Waals surface area contributed by atoms with Gasteiger partial charge in [0.25, 0.3) is 0 Å². The lowest BCUT2D eigenvalue weighted by Gasteiger charge is -2.46. The molecule has 3 rings (SSSR count). The van der Waals surface area contributed by atoms with Gasteiger partial charge >= 0.3 is 0 Å². The summed E-state index contributed by atoms with van der Waals surface area (Å²) in [6.45, 7) is 11.5. The number of hydrogen-bond acceptors (Lipinski definition) is 2. The van der Waals surface area contributed by atoms with E-state index in [1.807, 2.05) is 0 Å². The molecule has 1 unspecified atom stereocenters. The Kier molecular flexibility index (Phi) is 5.54. The molecule has 1 aromatic rings. The van der Waals surface area contributed by atoms with E-state index in [4.69, 9.17) is 4.74 Å². The maximum Gasteiger partial charge on any atom is 0.0575 e. The van der Waals surface area contributed by atoms with E-state index in [1.165, 1.54) is 61.8 Å². The highest BCUT2D eigenvalue weighted by molar-refractivity contribution is 5.59. The van der Waals surface area contributed by atoms with Crippen LogP contribution < -0.4 is 4.90 Å². The van der Waals surface area contributed by atoms with E-state index < -0.39 is 0 Å². The first-order valence-corrected chi connectivity index (χ1v) is 9.99. The fourth-order valence-electron chi connectivity index (χ4n) is 4.24. The van der Waals surface area contributed by atoms with Crippen LogP contribution in [0.5, 0.6) is 0 Å². The summed E-state index contributed by atoms with van der Waals surface area (Å²) < 4.78 is 5.92. The van der Waals surface area contributed by atoms with Crippen LogP contribution in [0.4, 0.5) is 5.69 Å². The summed E-state index contributed by atoms with van der Waals surface area (Å²) in [5.74, 6) is 0.595. The minimum Gasteiger partial charge on any atom is -0.378 e. The Balaban J connectivity index is 1.71. The Hall–Kier alpha value is -1.02. The quantitative estimate of drug-likeness (QED) is 0.688. The van der Waals surface area contributed by atoms with Crippen molar-refractivity contribution < 1.29 is 4.74 Å². The van der Waals surface area contributed by atoms with Gasteiger partial charge in [-0.2, -0.15) is 0 Å². The van der Waals surface area contributed by atoms with Crippen molar-refractivity contribution in [2.75, 3.05) is 18.1 Å². The van der Waals surface area contributed by atoms with Crippen LogP contribution in [0.25, 0.3) is 0 Å². The van der Waals surface area contributed by atoms with E-state index in [0.29, 0.717) is 12.0 Å². The van der Waals surface area contributed by atoms with Gasteiger partial charge in [-0.25, -0.2) is 0 Å². The minimum absolute atomic E-state index is 0.260. The number of rotatable bonds is 5. The minimum atomic E-state index is 0.260. The normalized spacial score (nSPS) is 23.4. The summed E-state index contributed by atoms with van der Waals surface area (Å²) in [6, 6.07) is 7.16. The first-order chi connectivity index (χ1) is 11.5. The van der Waals surface area contributed by atoms with Crippen molar-refractivity contribution in [2.45, 2.75) is 90.2 Å². The Labute approximate surface area is 148 Å². The first-order valence-electron chi connectivity index (χ1n) is 9.99. The number of hydrogen-bond donors (Lipinski definition) is 0.